The topological polar surface area (TPSA) is 18.5 Å². The van der Waals surface area contributed by atoms with Crippen LogP contribution >= 0.6 is 0 Å². The fourth-order valence-corrected chi connectivity index (χ4v) is 3.01. The van der Waals surface area contributed by atoms with Crippen molar-refractivity contribution in [2.24, 2.45) is 0 Å². The highest BCUT2D eigenvalue weighted by Crippen LogP contribution is 2.21. The molecule has 0 spiro atoms. The van der Waals surface area contributed by atoms with Gasteiger partial charge in [0.15, 0.2) is 0 Å². The molecule has 112 valence electrons. The molecule has 0 saturated carbocycles. The Morgan fingerprint density at radius 1 is 1.26 bits per heavy atom. The van der Waals surface area contributed by atoms with Crippen LogP contribution in [-0.4, -0.2) is 55.6 Å². The third-order valence-electron chi connectivity index (χ3n) is 4.55. The summed E-state index contributed by atoms with van der Waals surface area (Å²) in [6.45, 7) is 12.5. The molecule has 0 aromatic rings. The van der Waals surface area contributed by atoms with Crippen LogP contribution < -0.4 is 5.32 Å². The second-order valence-electron chi connectivity index (χ2n) is 5.98. The first-order chi connectivity index (χ1) is 9.01. The molecule has 1 fully saturated rings. The maximum absolute atomic E-state index is 3.59. The van der Waals surface area contributed by atoms with Gasteiger partial charge in [-0.15, -0.1) is 0 Å². The molecule has 0 aliphatic carbocycles. The molecule has 1 N–H and O–H groups in total. The van der Waals surface area contributed by atoms with Crippen LogP contribution in [0.1, 0.15) is 47.0 Å². The van der Waals surface area contributed by atoms with Crippen molar-refractivity contribution in [3.8, 4) is 0 Å². The molecule has 1 aliphatic rings. The second-order valence-corrected chi connectivity index (χ2v) is 5.98. The van der Waals surface area contributed by atoms with E-state index in [4.69, 9.17) is 0 Å². The van der Waals surface area contributed by atoms with E-state index in [1.165, 1.54) is 37.2 Å². The standard InChI is InChI=1S/C16H33N3/c1-7-13(3)16(17-8-2)14(4)19-11-9-15(10-12-19)18(5)6/h14-15,17H,7-12H2,1-6H3/b16-13-. The quantitative estimate of drug-likeness (QED) is 0.798. The first kappa shape index (κ1) is 16.5. The summed E-state index contributed by atoms with van der Waals surface area (Å²) < 4.78 is 0. The van der Waals surface area contributed by atoms with Gasteiger partial charge in [0.25, 0.3) is 0 Å². The van der Waals surface area contributed by atoms with Gasteiger partial charge in [-0.1, -0.05) is 12.5 Å². The van der Waals surface area contributed by atoms with Crippen LogP contribution in [0.5, 0.6) is 0 Å². The van der Waals surface area contributed by atoms with E-state index < -0.39 is 0 Å². The molecule has 1 unspecified atom stereocenters. The second kappa shape index (κ2) is 7.91. The number of nitrogens with one attached hydrogen (secondary N) is 1. The lowest BCUT2D eigenvalue weighted by atomic mass is 10.00. The average Bonchev–Trinajstić information content (AvgIpc) is 2.43. The van der Waals surface area contributed by atoms with Gasteiger partial charge in [-0.2, -0.15) is 0 Å². The Bertz CT molecular complexity index is 288. The van der Waals surface area contributed by atoms with Crippen LogP contribution in [0.4, 0.5) is 0 Å². The fraction of sp³-hybridized carbons (Fsp3) is 0.875. The summed E-state index contributed by atoms with van der Waals surface area (Å²) in [6, 6.07) is 1.30. The van der Waals surface area contributed by atoms with E-state index in [9.17, 15) is 0 Å². The summed E-state index contributed by atoms with van der Waals surface area (Å²) >= 11 is 0. The van der Waals surface area contributed by atoms with Crippen LogP contribution in [0.3, 0.4) is 0 Å². The zero-order chi connectivity index (χ0) is 14.4. The summed E-state index contributed by atoms with van der Waals surface area (Å²) in [4.78, 5) is 5.01. The first-order valence-electron chi connectivity index (χ1n) is 7.85. The lowest BCUT2D eigenvalue weighted by Gasteiger charge is -2.39. The van der Waals surface area contributed by atoms with E-state index in [1.807, 2.05) is 0 Å². The van der Waals surface area contributed by atoms with Crippen LogP contribution in [0, 0.1) is 0 Å². The molecule has 0 aromatic heterocycles. The zero-order valence-electron chi connectivity index (χ0n) is 13.8. The van der Waals surface area contributed by atoms with Crippen molar-refractivity contribution in [2.45, 2.75) is 59.0 Å². The van der Waals surface area contributed by atoms with Crippen LogP contribution in [-0.2, 0) is 0 Å². The molecule has 3 nitrogen and oxygen atoms in total. The Morgan fingerprint density at radius 2 is 1.84 bits per heavy atom. The Balaban J connectivity index is 2.64. The molecule has 0 radical (unpaired) electrons. The summed E-state index contributed by atoms with van der Waals surface area (Å²) in [5, 5.41) is 3.59. The summed E-state index contributed by atoms with van der Waals surface area (Å²) in [7, 11) is 4.41. The number of likely N-dealkylation sites (tertiary alicyclic amines) is 1. The third-order valence-corrected chi connectivity index (χ3v) is 4.55. The van der Waals surface area contributed by atoms with Crippen molar-refractivity contribution in [3.63, 3.8) is 0 Å². The van der Waals surface area contributed by atoms with Gasteiger partial charge in [-0.3, -0.25) is 4.90 Å². The minimum absolute atomic E-state index is 0.531. The van der Waals surface area contributed by atoms with E-state index in [0.29, 0.717) is 6.04 Å². The number of allylic oxidation sites excluding steroid dienone is 1. The molecule has 1 saturated heterocycles. The zero-order valence-corrected chi connectivity index (χ0v) is 13.8. The largest absolute Gasteiger partial charge is 0.387 e. The smallest absolute Gasteiger partial charge is 0.0466 e. The predicted molar refractivity (Wildman–Crippen MR) is 84.4 cm³/mol. The van der Waals surface area contributed by atoms with Gasteiger partial charge in [0.2, 0.25) is 0 Å². The van der Waals surface area contributed by atoms with Gasteiger partial charge in [-0.25, -0.2) is 0 Å². The first-order valence-corrected chi connectivity index (χ1v) is 7.85. The van der Waals surface area contributed by atoms with Crippen molar-refractivity contribution >= 4 is 0 Å². The minimum Gasteiger partial charge on any atom is -0.387 e. The van der Waals surface area contributed by atoms with Crippen molar-refractivity contribution < 1.29 is 0 Å². The molecule has 3 heteroatoms. The normalized spacial score (nSPS) is 21.4. The predicted octanol–water partition coefficient (Wildman–Crippen LogP) is 2.69. The van der Waals surface area contributed by atoms with E-state index in [1.54, 1.807) is 0 Å². The molecule has 0 bridgehead atoms. The number of hydrogen-bond acceptors (Lipinski definition) is 3. The van der Waals surface area contributed by atoms with Crippen molar-refractivity contribution in [2.75, 3.05) is 33.7 Å². The highest BCUT2D eigenvalue weighted by Gasteiger charge is 2.25. The van der Waals surface area contributed by atoms with Gasteiger partial charge in [0.05, 0.1) is 0 Å². The Hall–Kier alpha value is -0.540. The van der Waals surface area contributed by atoms with E-state index in [0.717, 1.165) is 19.0 Å². The molecule has 19 heavy (non-hydrogen) atoms. The van der Waals surface area contributed by atoms with Gasteiger partial charge < -0.3 is 10.2 Å². The van der Waals surface area contributed by atoms with Crippen molar-refractivity contribution in [3.05, 3.63) is 11.3 Å². The Morgan fingerprint density at radius 3 is 2.26 bits per heavy atom. The average molecular weight is 267 g/mol. The van der Waals surface area contributed by atoms with E-state index in [-0.39, 0.29) is 0 Å². The lowest BCUT2D eigenvalue weighted by Crippen LogP contribution is -2.47. The summed E-state index contributed by atoms with van der Waals surface area (Å²) in [6.07, 6.45) is 3.73. The highest BCUT2D eigenvalue weighted by atomic mass is 15.2. The van der Waals surface area contributed by atoms with Crippen LogP contribution in [0.15, 0.2) is 11.3 Å². The van der Waals surface area contributed by atoms with E-state index in [2.05, 4.69) is 56.9 Å². The number of hydrogen-bond donors (Lipinski definition) is 1. The maximum Gasteiger partial charge on any atom is 0.0466 e. The Labute approximate surface area is 120 Å². The number of rotatable bonds is 6. The Kier molecular flexibility index (Phi) is 6.87. The molecule has 1 atom stereocenters. The monoisotopic (exact) mass is 267 g/mol. The minimum atomic E-state index is 0.531. The molecule has 1 aliphatic heterocycles. The molecule has 0 amide bonds. The van der Waals surface area contributed by atoms with Crippen molar-refractivity contribution in [1.29, 1.82) is 0 Å². The van der Waals surface area contributed by atoms with E-state index >= 15 is 0 Å². The van der Waals surface area contributed by atoms with Gasteiger partial charge >= 0.3 is 0 Å². The lowest BCUT2D eigenvalue weighted by molar-refractivity contribution is 0.123. The molecule has 1 heterocycles. The van der Waals surface area contributed by atoms with Gasteiger partial charge in [0, 0.05) is 37.4 Å². The molecular weight excluding hydrogens is 234 g/mol. The molecular formula is C16H33N3. The maximum atomic E-state index is 3.59. The number of piperidine rings is 1. The van der Waals surface area contributed by atoms with Crippen LogP contribution in [0.25, 0.3) is 0 Å². The summed E-state index contributed by atoms with van der Waals surface area (Å²) in [5.74, 6) is 0. The number of nitrogens with zero attached hydrogens (tertiary/aromatic N) is 2. The fourth-order valence-electron chi connectivity index (χ4n) is 3.01. The highest BCUT2D eigenvalue weighted by molar-refractivity contribution is 5.16. The number of likely N-dealkylation sites (N-methyl/N-ethyl adjacent to an activating group) is 1. The van der Waals surface area contributed by atoms with Gasteiger partial charge in [0.1, 0.15) is 0 Å². The molecule has 1 rings (SSSR count). The third kappa shape index (κ3) is 4.50. The molecule has 0 aromatic carbocycles. The van der Waals surface area contributed by atoms with Crippen LogP contribution in [0.2, 0.25) is 0 Å². The summed E-state index contributed by atoms with van der Waals surface area (Å²) in [5.41, 5.74) is 2.96. The van der Waals surface area contributed by atoms with Crippen molar-refractivity contribution in [1.82, 2.24) is 15.1 Å². The van der Waals surface area contributed by atoms with Gasteiger partial charge in [-0.05, 0) is 54.1 Å². The SMILES string of the molecule is CCN/C(=C(/C)CC)C(C)N1CCC(N(C)C)CC1.